The molecule has 0 unspecified atom stereocenters. The lowest BCUT2D eigenvalue weighted by atomic mass is 10.1. The lowest BCUT2D eigenvalue weighted by molar-refractivity contribution is -0.137. The van der Waals surface area contributed by atoms with Gasteiger partial charge in [-0.3, -0.25) is 4.79 Å². The zero-order valence-electron chi connectivity index (χ0n) is 21.4. The third-order valence-corrected chi connectivity index (χ3v) is 6.99. The van der Waals surface area contributed by atoms with Crippen molar-refractivity contribution in [1.29, 1.82) is 0 Å². The highest BCUT2D eigenvalue weighted by Crippen LogP contribution is 2.35. The second-order valence-electron chi connectivity index (χ2n) is 9.01. The molecule has 0 bridgehead atoms. The van der Waals surface area contributed by atoms with Crippen molar-refractivity contribution in [3.8, 4) is 22.9 Å². The zero-order valence-corrected chi connectivity index (χ0v) is 22.2. The van der Waals surface area contributed by atoms with Crippen molar-refractivity contribution in [2.24, 2.45) is 0 Å². The minimum absolute atomic E-state index is 0. The maximum absolute atomic E-state index is 13.3. The summed E-state index contributed by atoms with van der Waals surface area (Å²) in [6, 6.07) is 15.2. The van der Waals surface area contributed by atoms with Crippen LogP contribution < -0.4 is 9.46 Å². The van der Waals surface area contributed by atoms with Gasteiger partial charge >= 0.3 is 6.18 Å². The monoisotopic (exact) mass is 559 g/mol. The van der Waals surface area contributed by atoms with Gasteiger partial charge in [-0.05, 0) is 75.2 Å². The molecule has 0 fully saturated rings. The Morgan fingerprint density at radius 2 is 1.56 bits per heavy atom. The van der Waals surface area contributed by atoms with E-state index in [-0.39, 0.29) is 30.6 Å². The van der Waals surface area contributed by atoms with Gasteiger partial charge in [-0.2, -0.15) is 21.6 Å². The number of benzene rings is 2. The first kappa shape index (κ1) is 27.8. The number of hydrogen-bond donors (Lipinski definition) is 1. The molecule has 0 radical (unpaired) electrons. The van der Waals surface area contributed by atoms with Gasteiger partial charge in [0.15, 0.2) is 5.03 Å². The molecule has 11 heteroatoms. The highest BCUT2D eigenvalue weighted by atomic mass is 32.2. The number of sulfonamides is 1. The first-order chi connectivity index (χ1) is 18.2. The number of rotatable bonds is 6. The van der Waals surface area contributed by atoms with E-state index >= 15 is 0 Å². The third-order valence-electron chi connectivity index (χ3n) is 5.76. The van der Waals surface area contributed by atoms with E-state index in [1.807, 2.05) is 23.8 Å². The average molecular weight is 560 g/mol. The van der Waals surface area contributed by atoms with Crippen molar-refractivity contribution >= 4 is 15.9 Å². The van der Waals surface area contributed by atoms with Gasteiger partial charge < -0.3 is 4.74 Å². The molecule has 0 aliphatic rings. The number of ether oxygens (including phenoxy) is 1. The van der Waals surface area contributed by atoms with E-state index in [0.717, 1.165) is 28.8 Å². The topological polar surface area (TPSA) is 98.2 Å². The Labute approximate surface area is 226 Å². The van der Waals surface area contributed by atoms with Crippen LogP contribution in [0.15, 0.2) is 71.8 Å². The molecule has 0 saturated carbocycles. The number of pyridine rings is 2. The van der Waals surface area contributed by atoms with Crippen molar-refractivity contribution in [2.45, 2.75) is 38.9 Å². The summed E-state index contributed by atoms with van der Waals surface area (Å²) in [6.45, 7) is 7.09. The number of nitrogens with one attached hydrogen (secondary N) is 1. The van der Waals surface area contributed by atoms with Crippen molar-refractivity contribution in [2.75, 3.05) is 0 Å². The zero-order chi connectivity index (χ0) is 28.5. The summed E-state index contributed by atoms with van der Waals surface area (Å²) < 4.78 is 73.6. The van der Waals surface area contributed by atoms with Crippen molar-refractivity contribution in [3.63, 3.8) is 0 Å². The lowest BCUT2D eigenvalue weighted by Crippen LogP contribution is -2.31. The van der Waals surface area contributed by atoms with E-state index in [2.05, 4.69) is 9.97 Å². The number of aromatic nitrogens is 2. The Morgan fingerprint density at radius 1 is 0.897 bits per heavy atom. The number of hydrogen-bond acceptors (Lipinski definition) is 6. The third kappa shape index (κ3) is 6.26. The number of amides is 1. The van der Waals surface area contributed by atoms with E-state index in [4.69, 9.17) is 4.74 Å². The maximum atomic E-state index is 13.3. The molecule has 39 heavy (non-hydrogen) atoms. The summed E-state index contributed by atoms with van der Waals surface area (Å²) in [5.41, 5.74) is 1.98. The summed E-state index contributed by atoms with van der Waals surface area (Å²) in [5.74, 6) is -0.935. The molecule has 0 aliphatic heterocycles. The molecule has 4 rings (SSSR count). The van der Waals surface area contributed by atoms with E-state index in [1.165, 1.54) is 36.4 Å². The number of carbonyl (C=O) groups excluding carboxylic acids is 1. The molecule has 0 spiro atoms. The fourth-order valence-corrected chi connectivity index (χ4v) is 5.01. The second-order valence-corrected chi connectivity index (χ2v) is 10.6. The van der Waals surface area contributed by atoms with Crippen LogP contribution in [0, 0.1) is 27.7 Å². The van der Waals surface area contributed by atoms with Gasteiger partial charge in [0.1, 0.15) is 11.3 Å². The molecule has 0 atom stereocenters. The van der Waals surface area contributed by atoms with Gasteiger partial charge in [-0.15, -0.1) is 0 Å². The van der Waals surface area contributed by atoms with E-state index in [1.54, 1.807) is 26.8 Å². The summed E-state index contributed by atoms with van der Waals surface area (Å²) >= 11 is 0. The fourth-order valence-electron chi connectivity index (χ4n) is 4.03. The Bertz CT molecular complexity index is 1670. The van der Waals surface area contributed by atoms with Gasteiger partial charge in [0.2, 0.25) is 5.88 Å². The van der Waals surface area contributed by atoms with Crippen LogP contribution >= 0.6 is 0 Å². The molecule has 2 heterocycles. The highest BCUT2D eigenvalue weighted by molar-refractivity contribution is 7.90. The molecule has 2 aromatic heterocycles. The summed E-state index contributed by atoms with van der Waals surface area (Å²) in [4.78, 5) is 21.5. The van der Waals surface area contributed by atoms with Crippen LogP contribution in [0.3, 0.4) is 0 Å². The van der Waals surface area contributed by atoms with Gasteiger partial charge in [0, 0.05) is 14.1 Å². The van der Waals surface area contributed by atoms with Crippen LogP contribution in [0.2, 0.25) is 0 Å². The Hall–Kier alpha value is -4.25. The molecule has 1 amide bonds. The van der Waals surface area contributed by atoms with Crippen molar-refractivity contribution in [1.82, 2.24) is 14.7 Å². The maximum Gasteiger partial charge on any atom is 0.416 e. The van der Waals surface area contributed by atoms with E-state index < -0.39 is 27.7 Å². The first-order valence-electron chi connectivity index (χ1n) is 11.7. The summed E-state index contributed by atoms with van der Waals surface area (Å²) in [6.07, 6.45) is -4.57. The molecule has 1 N–H and O–H groups in total. The van der Waals surface area contributed by atoms with Crippen molar-refractivity contribution in [3.05, 3.63) is 100 Å². The van der Waals surface area contributed by atoms with Gasteiger partial charge in [0.25, 0.3) is 15.9 Å². The summed E-state index contributed by atoms with van der Waals surface area (Å²) in [5, 5.41) is -0.350. The lowest BCUT2D eigenvalue weighted by Gasteiger charge is -2.16. The largest absolute Gasteiger partial charge is 0.438 e. The normalized spacial score (nSPS) is 11.8. The van der Waals surface area contributed by atoms with Crippen LogP contribution in [0.25, 0.3) is 11.3 Å². The Morgan fingerprint density at radius 3 is 2.21 bits per heavy atom. The van der Waals surface area contributed by atoms with Crippen LogP contribution in [0.5, 0.6) is 11.6 Å². The van der Waals surface area contributed by atoms with E-state index in [9.17, 15) is 26.4 Å². The summed E-state index contributed by atoms with van der Waals surface area (Å²) in [7, 11) is -4.34. The fraction of sp³-hybridized carbons (Fsp3) is 0.179. The standard InChI is InChI=1S/C28H24F3N3O4S.2H2/c1-16-13-17(2)25(18(3)14-16)38-27-22(26(35)34-39(36,37)24-10-5-7-19(4)32-24)11-12-23(33-27)20-8-6-9-21(15-20)28(29,30)31;;/h5-15H,1-4H3,(H,34,35);2*1H. The molecular weight excluding hydrogens is 531 g/mol. The van der Waals surface area contributed by atoms with Crippen LogP contribution in [0.1, 0.15) is 41.2 Å². The van der Waals surface area contributed by atoms with Crippen LogP contribution in [0.4, 0.5) is 13.2 Å². The quantitative estimate of drug-likeness (QED) is 0.279. The average Bonchev–Trinajstić information content (AvgIpc) is 2.85. The van der Waals surface area contributed by atoms with Crippen molar-refractivity contribution < 1.29 is 34.0 Å². The van der Waals surface area contributed by atoms with Gasteiger partial charge in [0.05, 0.1) is 11.3 Å². The van der Waals surface area contributed by atoms with Gasteiger partial charge in [-0.1, -0.05) is 35.9 Å². The van der Waals surface area contributed by atoms with Crippen LogP contribution in [-0.2, 0) is 16.2 Å². The number of halogens is 3. The minimum atomic E-state index is -4.57. The second kappa shape index (κ2) is 10.5. The van der Waals surface area contributed by atoms with Gasteiger partial charge in [-0.25, -0.2) is 14.7 Å². The SMILES string of the molecule is Cc1cc(C)c(Oc2nc(-c3cccc(C(F)(F)F)c3)ccc2C(=O)NS(=O)(=O)c2cccc(C)n2)c(C)c1.[HH].[HH]. The Balaban J connectivity index is 0.00000294. The molecule has 4 aromatic rings. The number of carbonyl (C=O) groups is 1. The predicted molar refractivity (Wildman–Crippen MR) is 143 cm³/mol. The molecule has 0 aliphatic carbocycles. The number of nitrogens with zero attached hydrogens (tertiary/aromatic N) is 2. The molecule has 0 saturated heterocycles. The highest BCUT2D eigenvalue weighted by Gasteiger charge is 2.31. The smallest absolute Gasteiger partial charge is 0.416 e. The predicted octanol–water partition coefficient (Wildman–Crippen LogP) is 6.80. The van der Waals surface area contributed by atoms with Crippen LogP contribution in [-0.4, -0.2) is 24.3 Å². The first-order valence-corrected chi connectivity index (χ1v) is 13.2. The minimum Gasteiger partial charge on any atom is -0.438 e. The molecule has 2 aromatic carbocycles. The van der Waals surface area contributed by atoms with E-state index in [0.29, 0.717) is 11.4 Å². The molecule has 206 valence electrons. The molecule has 7 nitrogen and oxygen atoms in total. The number of aryl methyl sites for hydroxylation is 4. The molecular formula is C28H28F3N3O4S. The Kier molecular flexibility index (Phi) is 7.47. The number of alkyl halides is 3.